The Morgan fingerprint density at radius 1 is 0.900 bits per heavy atom. The van der Waals surface area contributed by atoms with E-state index in [1.54, 1.807) is 46.8 Å². The van der Waals surface area contributed by atoms with Crippen molar-refractivity contribution in [2.45, 2.75) is 30.6 Å². The van der Waals surface area contributed by atoms with E-state index in [1.807, 2.05) is 0 Å². The number of nitrogens with one attached hydrogen (secondary N) is 1. The SMILES string of the molecule is O=C(CNc1ccc(S(=O)(=O)N2CCCCCC2)cc1)c1ccc2c(c1)OCCO2. The second kappa shape index (κ2) is 9.06. The van der Waals surface area contributed by atoms with Gasteiger partial charge in [-0.25, -0.2) is 8.42 Å². The number of sulfonamides is 1. The third-order valence-electron chi connectivity index (χ3n) is 5.37. The molecule has 0 aliphatic carbocycles. The zero-order valence-corrected chi connectivity index (χ0v) is 17.6. The molecule has 0 spiro atoms. The minimum atomic E-state index is -3.47. The van der Waals surface area contributed by atoms with Crippen molar-refractivity contribution in [3.8, 4) is 11.5 Å². The second-order valence-electron chi connectivity index (χ2n) is 7.48. The number of fused-ring (bicyclic) bond motifs is 1. The standard InChI is InChI=1S/C22H26N2O5S/c25-20(17-5-10-21-22(15-17)29-14-13-28-21)16-23-18-6-8-19(9-7-18)30(26,27)24-11-3-1-2-4-12-24/h5-10,15,23H,1-4,11-14,16H2. The highest BCUT2D eigenvalue weighted by atomic mass is 32.2. The van der Waals surface area contributed by atoms with Crippen molar-refractivity contribution in [1.29, 1.82) is 0 Å². The number of carbonyl (C=O) groups is 1. The van der Waals surface area contributed by atoms with Gasteiger partial charge in [0, 0.05) is 24.3 Å². The molecule has 2 aliphatic heterocycles. The summed E-state index contributed by atoms with van der Waals surface area (Å²) in [5, 5.41) is 3.06. The molecular weight excluding hydrogens is 404 g/mol. The fraction of sp³-hybridized carbons (Fsp3) is 0.409. The molecule has 4 rings (SSSR count). The normalized spacial score (nSPS) is 17.2. The summed E-state index contributed by atoms with van der Waals surface area (Å²) >= 11 is 0. The smallest absolute Gasteiger partial charge is 0.243 e. The largest absolute Gasteiger partial charge is 0.486 e. The molecule has 0 aromatic heterocycles. The monoisotopic (exact) mass is 430 g/mol. The molecule has 2 aliphatic rings. The summed E-state index contributed by atoms with van der Waals surface area (Å²) in [6.07, 6.45) is 3.96. The molecule has 2 heterocycles. The van der Waals surface area contributed by atoms with Crippen LogP contribution in [-0.2, 0) is 10.0 Å². The lowest BCUT2D eigenvalue weighted by Gasteiger charge is -2.20. The Kier molecular flexibility index (Phi) is 6.24. The van der Waals surface area contributed by atoms with Crippen LogP contribution in [0.5, 0.6) is 11.5 Å². The van der Waals surface area contributed by atoms with Gasteiger partial charge in [-0.3, -0.25) is 4.79 Å². The maximum absolute atomic E-state index is 12.8. The van der Waals surface area contributed by atoms with Crippen molar-refractivity contribution >= 4 is 21.5 Å². The minimum absolute atomic E-state index is 0.0896. The first-order valence-corrected chi connectivity index (χ1v) is 11.7. The zero-order valence-electron chi connectivity index (χ0n) is 16.8. The van der Waals surface area contributed by atoms with Crippen LogP contribution in [0.4, 0.5) is 5.69 Å². The third kappa shape index (κ3) is 4.60. The maximum Gasteiger partial charge on any atom is 0.243 e. The first-order chi connectivity index (χ1) is 14.5. The predicted molar refractivity (Wildman–Crippen MR) is 114 cm³/mol. The average Bonchev–Trinajstić information content (AvgIpc) is 3.08. The van der Waals surface area contributed by atoms with E-state index in [4.69, 9.17) is 9.47 Å². The van der Waals surface area contributed by atoms with Crippen molar-refractivity contribution in [3.63, 3.8) is 0 Å². The highest BCUT2D eigenvalue weighted by molar-refractivity contribution is 7.89. The molecule has 8 heteroatoms. The quantitative estimate of drug-likeness (QED) is 0.708. The number of ether oxygens (including phenoxy) is 2. The van der Waals surface area contributed by atoms with Gasteiger partial charge in [0.05, 0.1) is 11.4 Å². The van der Waals surface area contributed by atoms with Gasteiger partial charge >= 0.3 is 0 Å². The first kappa shape index (κ1) is 20.7. The molecule has 0 unspecified atom stereocenters. The highest BCUT2D eigenvalue weighted by Gasteiger charge is 2.25. The van der Waals surface area contributed by atoms with E-state index < -0.39 is 10.0 Å². The van der Waals surface area contributed by atoms with E-state index in [0.717, 1.165) is 25.7 Å². The van der Waals surface area contributed by atoms with Crippen molar-refractivity contribution in [3.05, 3.63) is 48.0 Å². The summed E-state index contributed by atoms with van der Waals surface area (Å²) in [4.78, 5) is 12.8. The fourth-order valence-corrected chi connectivity index (χ4v) is 5.19. The topological polar surface area (TPSA) is 84.9 Å². The fourth-order valence-electron chi connectivity index (χ4n) is 3.68. The van der Waals surface area contributed by atoms with Crippen LogP contribution in [0.3, 0.4) is 0 Å². The number of ketones is 1. The Labute approximate surface area is 177 Å². The summed E-state index contributed by atoms with van der Waals surface area (Å²) in [6.45, 7) is 2.22. The van der Waals surface area contributed by atoms with E-state index in [-0.39, 0.29) is 17.2 Å². The molecule has 0 bridgehead atoms. The minimum Gasteiger partial charge on any atom is -0.486 e. The van der Waals surface area contributed by atoms with Crippen molar-refractivity contribution in [1.82, 2.24) is 4.31 Å². The number of rotatable bonds is 6. The first-order valence-electron chi connectivity index (χ1n) is 10.3. The maximum atomic E-state index is 12.8. The molecule has 0 amide bonds. The van der Waals surface area contributed by atoms with Crippen LogP contribution >= 0.6 is 0 Å². The van der Waals surface area contributed by atoms with Crippen molar-refractivity contribution in [2.75, 3.05) is 38.2 Å². The van der Waals surface area contributed by atoms with Crippen LogP contribution < -0.4 is 14.8 Å². The molecule has 7 nitrogen and oxygen atoms in total. The molecule has 2 aromatic carbocycles. The van der Waals surface area contributed by atoms with Gasteiger partial charge in [0.2, 0.25) is 10.0 Å². The number of nitrogens with zero attached hydrogens (tertiary/aromatic N) is 1. The van der Waals surface area contributed by atoms with E-state index in [0.29, 0.717) is 49.1 Å². The number of Topliss-reactive ketones (excluding diaryl/α,β-unsaturated/α-hetero) is 1. The molecule has 1 fully saturated rings. The molecule has 160 valence electrons. The molecule has 1 N–H and O–H groups in total. The molecule has 0 saturated carbocycles. The molecule has 2 aromatic rings. The van der Waals surface area contributed by atoms with E-state index in [2.05, 4.69) is 5.32 Å². The Hall–Kier alpha value is -2.58. The second-order valence-corrected chi connectivity index (χ2v) is 9.42. The van der Waals surface area contributed by atoms with Gasteiger partial charge in [-0.15, -0.1) is 0 Å². The van der Waals surface area contributed by atoms with Crippen LogP contribution in [0.2, 0.25) is 0 Å². The van der Waals surface area contributed by atoms with Crippen LogP contribution in [0.25, 0.3) is 0 Å². The predicted octanol–water partition coefficient (Wildman–Crippen LogP) is 3.32. The van der Waals surface area contributed by atoms with Crippen LogP contribution in [0.15, 0.2) is 47.4 Å². The molecular formula is C22H26N2O5S. The van der Waals surface area contributed by atoms with Gasteiger partial charge in [0.1, 0.15) is 13.2 Å². The molecule has 30 heavy (non-hydrogen) atoms. The highest BCUT2D eigenvalue weighted by Crippen LogP contribution is 2.31. The summed E-state index contributed by atoms with van der Waals surface area (Å²) < 4.78 is 38.3. The van der Waals surface area contributed by atoms with Gasteiger partial charge < -0.3 is 14.8 Å². The van der Waals surface area contributed by atoms with Crippen molar-refractivity contribution in [2.24, 2.45) is 0 Å². The van der Waals surface area contributed by atoms with E-state index in [1.165, 1.54) is 0 Å². The van der Waals surface area contributed by atoms with Crippen molar-refractivity contribution < 1.29 is 22.7 Å². The van der Waals surface area contributed by atoms with E-state index >= 15 is 0 Å². The van der Waals surface area contributed by atoms with Crippen LogP contribution in [0, 0.1) is 0 Å². The molecule has 1 saturated heterocycles. The van der Waals surface area contributed by atoms with Gasteiger partial charge in [-0.2, -0.15) is 4.31 Å². The summed E-state index contributed by atoms with van der Waals surface area (Å²) in [5.74, 6) is 1.13. The number of hydrogen-bond donors (Lipinski definition) is 1. The third-order valence-corrected chi connectivity index (χ3v) is 7.29. The average molecular weight is 431 g/mol. The number of hydrogen-bond acceptors (Lipinski definition) is 6. The summed E-state index contributed by atoms with van der Waals surface area (Å²) in [7, 11) is -3.47. The van der Waals surface area contributed by atoms with Gasteiger partial charge in [0.15, 0.2) is 17.3 Å². The Morgan fingerprint density at radius 3 is 2.27 bits per heavy atom. The van der Waals surface area contributed by atoms with Gasteiger partial charge in [-0.05, 0) is 55.3 Å². The summed E-state index contributed by atoms with van der Waals surface area (Å²) in [6, 6.07) is 11.7. The van der Waals surface area contributed by atoms with Gasteiger partial charge in [0.25, 0.3) is 0 Å². The number of anilines is 1. The van der Waals surface area contributed by atoms with Crippen LogP contribution in [-0.4, -0.2) is 51.4 Å². The van der Waals surface area contributed by atoms with E-state index in [9.17, 15) is 13.2 Å². The zero-order chi connectivity index (χ0) is 21.0. The molecule has 0 radical (unpaired) electrons. The van der Waals surface area contributed by atoms with Gasteiger partial charge in [-0.1, -0.05) is 12.8 Å². The lowest BCUT2D eigenvalue weighted by Crippen LogP contribution is -2.31. The van der Waals surface area contributed by atoms with Crippen LogP contribution in [0.1, 0.15) is 36.0 Å². The number of carbonyl (C=O) groups excluding carboxylic acids is 1. The Morgan fingerprint density at radius 2 is 1.57 bits per heavy atom. The lowest BCUT2D eigenvalue weighted by atomic mass is 10.1. The lowest BCUT2D eigenvalue weighted by molar-refractivity contribution is 0.100. The summed E-state index contributed by atoms with van der Waals surface area (Å²) in [5.41, 5.74) is 1.22. The Balaban J connectivity index is 1.38. The number of benzene rings is 2. The molecule has 0 atom stereocenters. The Bertz CT molecular complexity index is 997.